The SMILES string of the molecule is Cc1cccc(N/N=C\c2cc(N3CCOCC3)cc(OCCc3ccccn3)n2)c1. The summed E-state index contributed by atoms with van der Waals surface area (Å²) >= 11 is 0. The quantitative estimate of drug-likeness (QED) is 0.445. The van der Waals surface area contributed by atoms with Crippen molar-refractivity contribution in [1.82, 2.24) is 9.97 Å². The number of aromatic nitrogens is 2. The third-order valence-electron chi connectivity index (χ3n) is 4.93. The van der Waals surface area contributed by atoms with Gasteiger partial charge in [-0.05, 0) is 42.8 Å². The number of pyridine rings is 2. The van der Waals surface area contributed by atoms with Gasteiger partial charge < -0.3 is 14.4 Å². The molecule has 0 unspecified atom stereocenters. The van der Waals surface area contributed by atoms with Crippen molar-refractivity contribution in [2.45, 2.75) is 13.3 Å². The second-order valence-electron chi connectivity index (χ2n) is 7.35. The van der Waals surface area contributed by atoms with Gasteiger partial charge >= 0.3 is 0 Å². The second-order valence-corrected chi connectivity index (χ2v) is 7.35. The average molecular weight is 418 g/mol. The van der Waals surface area contributed by atoms with E-state index < -0.39 is 0 Å². The number of hydrazone groups is 1. The molecule has 3 heterocycles. The number of benzene rings is 1. The van der Waals surface area contributed by atoms with Crippen LogP contribution in [-0.2, 0) is 11.2 Å². The van der Waals surface area contributed by atoms with Gasteiger partial charge in [-0.25, -0.2) is 4.98 Å². The van der Waals surface area contributed by atoms with Crippen LogP contribution < -0.4 is 15.1 Å². The first kappa shape index (κ1) is 20.8. The Hall–Kier alpha value is -3.45. The Bertz CT molecular complexity index is 1000. The number of aryl methyl sites for hydroxylation is 1. The molecule has 4 rings (SSSR count). The van der Waals surface area contributed by atoms with Gasteiger partial charge in [-0.3, -0.25) is 10.4 Å². The van der Waals surface area contributed by atoms with Crippen molar-refractivity contribution >= 4 is 17.6 Å². The summed E-state index contributed by atoms with van der Waals surface area (Å²) in [6.45, 7) is 5.68. The molecule has 0 bridgehead atoms. The Morgan fingerprint density at radius 2 is 2.03 bits per heavy atom. The lowest BCUT2D eigenvalue weighted by atomic mass is 10.2. The van der Waals surface area contributed by atoms with Crippen LogP contribution in [0.3, 0.4) is 0 Å². The maximum absolute atomic E-state index is 5.97. The highest BCUT2D eigenvalue weighted by molar-refractivity contribution is 5.80. The summed E-state index contributed by atoms with van der Waals surface area (Å²) in [7, 11) is 0. The minimum atomic E-state index is 0.509. The van der Waals surface area contributed by atoms with Crippen LogP contribution in [0.2, 0.25) is 0 Å². The van der Waals surface area contributed by atoms with Crippen LogP contribution in [0.4, 0.5) is 11.4 Å². The number of hydrogen-bond donors (Lipinski definition) is 1. The van der Waals surface area contributed by atoms with Gasteiger partial charge in [0.05, 0.1) is 37.4 Å². The molecule has 0 aliphatic carbocycles. The highest BCUT2D eigenvalue weighted by atomic mass is 16.5. The summed E-state index contributed by atoms with van der Waals surface area (Å²) in [4.78, 5) is 11.2. The van der Waals surface area contributed by atoms with Crippen LogP contribution in [0.1, 0.15) is 17.0 Å². The standard InChI is InChI=1S/C24H27N5O2/c1-19-5-4-7-21(15-19)28-26-18-22-16-23(29-10-13-30-14-11-29)17-24(27-22)31-12-8-20-6-2-3-9-25-20/h2-7,9,15-18,28H,8,10-14H2,1H3/b26-18-. The van der Waals surface area contributed by atoms with Gasteiger partial charge in [0.1, 0.15) is 0 Å². The van der Waals surface area contributed by atoms with Gasteiger partial charge in [0.25, 0.3) is 0 Å². The zero-order valence-electron chi connectivity index (χ0n) is 17.7. The van der Waals surface area contributed by atoms with E-state index in [1.54, 1.807) is 12.4 Å². The molecule has 2 aromatic heterocycles. The van der Waals surface area contributed by atoms with Crippen LogP contribution in [0, 0.1) is 6.92 Å². The number of ether oxygens (including phenoxy) is 2. The Morgan fingerprint density at radius 3 is 2.84 bits per heavy atom. The predicted octanol–water partition coefficient (Wildman–Crippen LogP) is 3.69. The lowest BCUT2D eigenvalue weighted by molar-refractivity contribution is 0.122. The fourth-order valence-corrected chi connectivity index (χ4v) is 3.35. The molecule has 0 spiro atoms. The molecule has 1 aliphatic rings. The number of nitrogens with one attached hydrogen (secondary N) is 1. The minimum Gasteiger partial charge on any atom is -0.477 e. The monoisotopic (exact) mass is 417 g/mol. The Kier molecular flexibility index (Phi) is 7.08. The van der Waals surface area contributed by atoms with Crippen molar-refractivity contribution in [2.24, 2.45) is 5.10 Å². The van der Waals surface area contributed by atoms with Crippen LogP contribution in [-0.4, -0.2) is 49.1 Å². The number of hydrogen-bond acceptors (Lipinski definition) is 7. The number of morpholine rings is 1. The number of nitrogens with zero attached hydrogens (tertiary/aromatic N) is 4. The molecule has 7 heteroatoms. The largest absolute Gasteiger partial charge is 0.477 e. The molecule has 0 amide bonds. The Labute approximate surface area is 182 Å². The first-order chi connectivity index (χ1) is 15.3. The normalized spacial score (nSPS) is 14.0. The Morgan fingerprint density at radius 1 is 1.13 bits per heavy atom. The van der Waals surface area contributed by atoms with Crippen molar-refractivity contribution in [3.63, 3.8) is 0 Å². The average Bonchev–Trinajstić information content (AvgIpc) is 2.80. The maximum Gasteiger partial charge on any atom is 0.215 e. The summed E-state index contributed by atoms with van der Waals surface area (Å²) in [5.41, 5.74) is 7.97. The molecule has 7 nitrogen and oxygen atoms in total. The number of anilines is 2. The van der Waals surface area contributed by atoms with E-state index in [9.17, 15) is 0 Å². The summed E-state index contributed by atoms with van der Waals surface area (Å²) < 4.78 is 11.5. The van der Waals surface area contributed by atoms with Crippen molar-refractivity contribution in [2.75, 3.05) is 43.2 Å². The van der Waals surface area contributed by atoms with E-state index in [1.807, 2.05) is 48.5 Å². The molecule has 1 N–H and O–H groups in total. The van der Waals surface area contributed by atoms with Crippen LogP contribution in [0.25, 0.3) is 0 Å². The van der Waals surface area contributed by atoms with Gasteiger partial charge in [0.15, 0.2) is 0 Å². The van der Waals surface area contributed by atoms with Gasteiger partial charge in [-0.1, -0.05) is 18.2 Å². The zero-order chi connectivity index (χ0) is 21.3. The van der Waals surface area contributed by atoms with Crippen molar-refractivity contribution in [1.29, 1.82) is 0 Å². The van der Waals surface area contributed by atoms with E-state index in [1.165, 1.54) is 5.56 Å². The molecule has 160 valence electrons. The zero-order valence-corrected chi connectivity index (χ0v) is 17.7. The fourth-order valence-electron chi connectivity index (χ4n) is 3.35. The van der Waals surface area contributed by atoms with Gasteiger partial charge in [0, 0.05) is 43.2 Å². The van der Waals surface area contributed by atoms with E-state index in [-0.39, 0.29) is 0 Å². The molecule has 1 saturated heterocycles. The Balaban J connectivity index is 1.47. The topological polar surface area (TPSA) is 71.9 Å². The van der Waals surface area contributed by atoms with Crippen molar-refractivity contribution < 1.29 is 9.47 Å². The lowest BCUT2D eigenvalue weighted by Gasteiger charge is -2.29. The molecule has 1 aromatic carbocycles. The molecule has 3 aromatic rings. The molecule has 1 fully saturated rings. The van der Waals surface area contributed by atoms with Crippen LogP contribution >= 0.6 is 0 Å². The summed E-state index contributed by atoms with van der Waals surface area (Å²) in [5.74, 6) is 0.580. The molecule has 1 aliphatic heterocycles. The van der Waals surface area contributed by atoms with E-state index in [2.05, 4.69) is 38.4 Å². The highest BCUT2D eigenvalue weighted by Gasteiger charge is 2.14. The fraction of sp³-hybridized carbons (Fsp3) is 0.292. The third-order valence-corrected chi connectivity index (χ3v) is 4.93. The predicted molar refractivity (Wildman–Crippen MR) is 123 cm³/mol. The van der Waals surface area contributed by atoms with Crippen molar-refractivity contribution in [3.05, 3.63) is 77.7 Å². The van der Waals surface area contributed by atoms with E-state index in [4.69, 9.17) is 9.47 Å². The van der Waals surface area contributed by atoms with E-state index in [0.29, 0.717) is 12.5 Å². The highest BCUT2D eigenvalue weighted by Crippen LogP contribution is 2.22. The van der Waals surface area contributed by atoms with Crippen LogP contribution in [0.5, 0.6) is 5.88 Å². The molecule has 31 heavy (non-hydrogen) atoms. The van der Waals surface area contributed by atoms with E-state index in [0.717, 1.165) is 55.5 Å². The summed E-state index contributed by atoms with van der Waals surface area (Å²) in [6.07, 6.45) is 4.24. The minimum absolute atomic E-state index is 0.509. The van der Waals surface area contributed by atoms with E-state index >= 15 is 0 Å². The molecular weight excluding hydrogens is 390 g/mol. The van der Waals surface area contributed by atoms with Crippen LogP contribution in [0.15, 0.2) is 65.9 Å². The maximum atomic E-state index is 5.97. The third kappa shape index (κ3) is 6.26. The molecular formula is C24H27N5O2. The number of rotatable bonds is 8. The summed E-state index contributed by atoms with van der Waals surface area (Å²) in [6, 6.07) is 18.0. The first-order valence-electron chi connectivity index (χ1n) is 10.5. The molecule has 0 radical (unpaired) electrons. The molecule has 0 saturated carbocycles. The smallest absolute Gasteiger partial charge is 0.215 e. The van der Waals surface area contributed by atoms with Gasteiger partial charge in [0.2, 0.25) is 5.88 Å². The van der Waals surface area contributed by atoms with Gasteiger partial charge in [-0.15, -0.1) is 0 Å². The second kappa shape index (κ2) is 10.5. The molecule has 0 atom stereocenters. The van der Waals surface area contributed by atoms with Gasteiger partial charge in [-0.2, -0.15) is 5.10 Å². The lowest BCUT2D eigenvalue weighted by Crippen LogP contribution is -2.36. The van der Waals surface area contributed by atoms with Crippen molar-refractivity contribution in [3.8, 4) is 5.88 Å². The summed E-state index contributed by atoms with van der Waals surface area (Å²) in [5, 5.41) is 4.36. The first-order valence-corrected chi connectivity index (χ1v) is 10.5.